The maximum absolute atomic E-state index is 13.8. The van der Waals surface area contributed by atoms with Gasteiger partial charge in [-0.1, -0.05) is 65.9 Å². The third-order valence-corrected chi connectivity index (χ3v) is 5.56. The standard InChI is InChI=1S/C23H19FN2O2S/c1-16-8-7-13-20-22(16)25-23(29-20)26(14-17-9-3-2-4-10-17)21(27)15-28-19-12-6-5-11-18(19)24/h2-13H,14-15H2,1H3. The van der Waals surface area contributed by atoms with E-state index in [1.54, 1.807) is 17.0 Å². The summed E-state index contributed by atoms with van der Waals surface area (Å²) in [6, 6.07) is 21.7. The SMILES string of the molecule is Cc1cccc2sc(N(Cc3ccccc3)C(=O)COc3ccccc3F)nc12. The maximum Gasteiger partial charge on any atom is 0.267 e. The number of nitrogens with zero attached hydrogens (tertiary/aromatic N) is 2. The number of hydrogen-bond donors (Lipinski definition) is 0. The van der Waals surface area contributed by atoms with Crippen LogP contribution in [0.3, 0.4) is 0 Å². The molecule has 0 aliphatic heterocycles. The second-order valence-corrected chi connectivity index (χ2v) is 7.61. The lowest BCUT2D eigenvalue weighted by atomic mass is 10.2. The number of aryl methyl sites for hydroxylation is 1. The molecule has 0 N–H and O–H groups in total. The quantitative estimate of drug-likeness (QED) is 0.433. The predicted octanol–water partition coefficient (Wildman–Crippen LogP) is 5.36. The number of rotatable bonds is 6. The lowest BCUT2D eigenvalue weighted by Gasteiger charge is -2.20. The first-order valence-electron chi connectivity index (χ1n) is 9.19. The number of hydrogen-bond acceptors (Lipinski definition) is 4. The normalized spacial score (nSPS) is 10.8. The van der Waals surface area contributed by atoms with Gasteiger partial charge < -0.3 is 4.74 Å². The van der Waals surface area contributed by atoms with Crippen molar-refractivity contribution in [1.29, 1.82) is 0 Å². The molecule has 0 radical (unpaired) electrons. The zero-order valence-corrected chi connectivity index (χ0v) is 16.7. The number of carbonyl (C=O) groups excluding carboxylic acids is 1. The summed E-state index contributed by atoms with van der Waals surface area (Å²) in [4.78, 5) is 19.3. The molecule has 6 heteroatoms. The topological polar surface area (TPSA) is 42.4 Å². The number of thiazole rings is 1. The molecule has 1 heterocycles. The van der Waals surface area contributed by atoms with Crippen molar-refractivity contribution < 1.29 is 13.9 Å². The number of ether oxygens (including phenoxy) is 1. The summed E-state index contributed by atoms with van der Waals surface area (Å²) in [5.41, 5.74) is 2.91. The third kappa shape index (κ3) is 4.27. The molecule has 0 fully saturated rings. The zero-order chi connectivity index (χ0) is 20.2. The van der Waals surface area contributed by atoms with Gasteiger partial charge in [0.25, 0.3) is 5.91 Å². The number of aromatic nitrogens is 1. The number of halogens is 1. The fraction of sp³-hybridized carbons (Fsp3) is 0.130. The molecule has 4 rings (SSSR count). The van der Waals surface area contributed by atoms with Gasteiger partial charge in [-0.05, 0) is 36.2 Å². The Bertz CT molecular complexity index is 1140. The van der Waals surface area contributed by atoms with E-state index < -0.39 is 5.82 Å². The van der Waals surface area contributed by atoms with E-state index in [9.17, 15) is 9.18 Å². The van der Waals surface area contributed by atoms with E-state index in [1.807, 2.05) is 55.5 Å². The minimum Gasteiger partial charge on any atom is -0.481 e. The summed E-state index contributed by atoms with van der Waals surface area (Å²) in [6.07, 6.45) is 0. The lowest BCUT2D eigenvalue weighted by molar-refractivity contribution is -0.120. The molecule has 4 aromatic rings. The van der Waals surface area contributed by atoms with Crippen LogP contribution >= 0.6 is 11.3 Å². The molecule has 0 atom stereocenters. The number of fused-ring (bicyclic) bond motifs is 1. The van der Waals surface area contributed by atoms with Gasteiger partial charge in [0.1, 0.15) is 0 Å². The molecule has 1 amide bonds. The molecule has 146 valence electrons. The number of carbonyl (C=O) groups is 1. The molecule has 0 saturated carbocycles. The van der Waals surface area contributed by atoms with Gasteiger partial charge in [0.05, 0.1) is 16.8 Å². The van der Waals surface area contributed by atoms with Gasteiger partial charge in [0.15, 0.2) is 23.3 Å². The summed E-state index contributed by atoms with van der Waals surface area (Å²) in [5, 5.41) is 0.597. The average Bonchev–Trinajstić information content (AvgIpc) is 3.17. The molecular weight excluding hydrogens is 387 g/mol. The van der Waals surface area contributed by atoms with E-state index in [0.717, 1.165) is 21.3 Å². The summed E-state index contributed by atoms with van der Waals surface area (Å²) in [6.45, 7) is 2.08. The zero-order valence-electron chi connectivity index (χ0n) is 15.8. The Morgan fingerprint density at radius 2 is 1.79 bits per heavy atom. The van der Waals surface area contributed by atoms with Gasteiger partial charge in [0.2, 0.25) is 0 Å². The molecule has 0 bridgehead atoms. The Kier molecular flexibility index (Phi) is 5.53. The van der Waals surface area contributed by atoms with Gasteiger partial charge in [-0.25, -0.2) is 9.37 Å². The van der Waals surface area contributed by atoms with Crippen molar-refractivity contribution in [2.75, 3.05) is 11.5 Å². The van der Waals surface area contributed by atoms with Crippen molar-refractivity contribution in [3.05, 3.63) is 89.7 Å². The summed E-state index contributed by atoms with van der Waals surface area (Å²) in [5.74, 6) is -0.722. The average molecular weight is 406 g/mol. The van der Waals surface area contributed by atoms with Crippen molar-refractivity contribution in [1.82, 2.24) is 4.98 Å². The van der Waals surface area contributed by atoms with Crippen LogP contribution in [0.4, 0.5) is 9.52 Å². The van der Waals surface area contributed by atoms with Gasteiger partial charge >= 0.3 is 0 Å². The van der Waals surface area contributed by atoms with E-state index in [4.69, 9.17) is 9.72 Å². The first-order chi connectivity index (χ1) is 14.1. The van der Waals surface area contributed by atoms with Crippen molar-refractivity contribution in [3.63, 3.8) is 0 Å². The summed E-state index contributed by atoms with van der Waals surface area (Å²) < 4.78 is 20.3. The van der Waals surface area contributed by atoms with E-state index in [2.05, 4.69) is 0 Å². The van der Waals surface area contributed by atoms with Crippen molar-refractivity contribution in [2.45, 2.75) is 13.5 Å². The number of amides is 1. The van der Waals surface area contributed by atoms with Gasteiger partial charge in [-0.3, -0.25) is 9.69 Å². The first kappa shape index (κ1) is 19.1. The second-order valence-electron chi connectivity index (χ2n) is 6.60. The summed E-state index contributed by atoms with van der Waals surface area (Å²) in [7, 11) is 0. The maximum atomic E-state index is 13.8. The molecule has 0 saturated heterocycles. The Labute approximate surface area is 172 Å². The highest BCUT2D eigenvalue weighted by Crippen LogP contribution is 2.31. The highest BCUT2D eigenvalue weighted by Gasteiger charge is 2.21. The molecule has 0 aliphatic rings. The van der Waals surface area contributed by atoms with Gasteiger partial charge in [-0.15, -0.1) is 0 Å². The van der Waals surface area contributed by atoms with E-state index in [-0.39, 0.29) is 18.3 Å². The van der Waals surface area contributed by atoms with Gasteiger partial charge in [-0.2, -0.15) is 0 Å². The molecule has 0 aliphatic carbocycles. The molecule has 4 nitrogen and oxygen atoms in total. The predicted molar refractivity (Wildman–Crippen MR) is 114 cm³/mol. The van der Waals surface area contributed by atoms with Crippen LogP contribution in [0.15, 0.2) is 72.8 Å². The Hall–Kier alpha value is -3.25. The van der Waals surface area contributed by atoms with Crippen LogP contribution < -0.4 is 9.64 Å². The smallest absolute Gasteiger partial charge is 0.267 e. The lowest BCUT2D eigenvalue weighted by Crippen LogP contribution is -2.34. The van der Waals surface area contributed by atoms with Crippen LogP contribution in [0.25, 0.3) is 10.2 Å². The van der Waals surface area contributed by atoms with Crippen LogP contribution in [-0.2, 0) is 11.3 Å². The van der Waals surface area contributed by atoms with Crippen LogP contribution in [0.2, 0.25) is 0 Å². The van der Waals surface area contributed by atoms with E-state index in [1.165, 1.54) is 23.5 Å². The minimum atomic E-state index is -0.495. The molecule has 0 spiro atoms. The van der Waals surface area contributed by atoms with Crippen LogP contribution in [0, 0.1) is 12.7 Å². The molecule has 29 heavy (non-hydrogen) atoms. The van der Waals surface area contributed by atoms with E-state index >= 15 is 0 Å². The third-order valence-electron chi connectivity index (χ3n) is 4.51. The van der Waals surface area contributed by atoms with Crippen LogP contribution in [-0.4, -0.2) is 17.5 Å². The Morgan fingerprint density at radius 1 is 1.03 bits per heavy atom. The van der Waals surface area contributed by atoms with Gasteiger partial charge in [0, 0.05) is 0 Å². The van der Waals surface area contributed by atoms with Crippen molar-refractivity contribution in [2.24, 2.45) is 0 Å². The van der Waals surface area contributed by atoms with Crippen LogP contribution in [0.5, 0.6) is 5.75 Å². The highest BCUT2D eigenvalue weighted by atomic mass is 32.1. The Morgan fingerprint density at radius 3 is 2.55 bits per heavy atom. The largest absolute Gasteiger partial charge is 0.481 e. The van der Waals surface area contributed by atoms with E-state index in [0.29, 0.717) is 11.7 Å². The highest BCUT2D eigenvalue weighted by molar-refractivity contribution is 7.22. The Balaban J connectivity index is 1.63. The molecule has 3 aromatic carbocycles. The number of para-hydroxylation sites is 2. The second kappa shape index (κ2) is 8.41. The van der Waals surface area contributed by atoms with Crippen molar-refractivity contribution in [3.8, 4) is 5.75 Å². The first-order valence-corrected chi connectivity index (χ1v) is 10.0. The fourth-order valence-electron chi connectivity index (χ4n) is 3.00. The molecule has 0 unspecified atom stereocenters. The van der Waals surface area contributed by atoms with Crippen molar-refractivity contribution >= 4 is 32.6 Å². The monoisotopic (exact) mass is 406 g/mol. The fourth-order valence-corrected chi connectivity index (χ4v) is 4.06. The molecular formula is C23H19FN2O2S. The number of anilines is 1. The van der Waals surface area contributed by atoms with Crippen LogP contribution in [0.1, 0.15) is 11.1 Å². The minimum absolute atomic E-state index is 0.0562. The molecule has 1 aromatic heterocycles. The summed E-state index contributed by atoms with van der Waals surface area (Å²) >= 11 is 1.46. The number of benzene rings is 3.